The van der Waals surface area contributed by atoms with Crippen LogP contribution in [0.5, 0.6) is 5.75 Å². The Balaban J connectivity index is 1.91. The monoisotopic (exact) mass is 716 g/mol. The number of carbonyl (C=O) groups excluding carboxylic acids is 1. The van der Waals surface area contributed by atoms with Crippen LogP contribution in [0.15, 0.2) is 64.5 Å². The van der Waals surface area contributed by atoms with Gasteiger partial charge in [-0.3, -0.25) is 29.0 Å². The molecule has 4 aliphatic rings. The normalized spacial score (nSPS) is 24.2. The lowest BCUT2D eigenvalue weighted by molar-refractivity contribution is -0.189. The van der Waals surface area contributed by atoms with Crippen molar-refractivity contribution in [1.29, 1.82) is 0 Å². The number of ether oxygens (including phenoxy) is 1. The number of carbonyl (C=O) groups is 5. The van der Waals surface area contributed by atoms with E-state index in [1.807, 2.05) is 27.7 Å². The van der Waals surface area contributed by atoms with Gasteiger partial charge < -0.3 is 35.4 Å². The molecule has 0 radical (unpaired) electrons. The molecule has 1 heterocycles. The molecule has 1 unspecified atom stereocenters. The van der Waals surface area contributed by atoms with Gasteiger partial charge in [0.2, 0.25) is 0 Å². The van der Waals surface area contributed by atoms with Gasteiger partial charge in [0.25, 0.3) is 0 Å². The maximum absolute atomic E-state index is 14.4. The van der Waals surface area contributed by atoms with E-state index in [-0.39, 0.29) is 56.7 Å². The lowest BCUT2D eigenvalue weighted by Gasteiger charge is -2.70. The van der Waals surface area contributed by atoms with E-state index in [9.17, 15) is 54.6 Å². The van der Waals surface area contributed by atoms with Gasteiger partial charge in [-0.1, -0.05) is 45.9 Å². The second-order valence-corrected chi connectivity index (χ2v) is 14.4. The number of aromatic hydroxyl groups is 1. The maximum atomic E-state index is 14.4. The smallest absolute Gasteiger partial charge is 0.339 e. The first kappa shape index (κ1) is 36.3. The maximum Gasteiger partial charge on any atom is 0.339 e. The molecule has 14 nitrogen and oxygen atoms in total. The number of aryl methyl sites for hydroxylation is 1. The number of aliphatic carboxylic acids is 4. The summed E-state index contributed by atoms with van der Waals surface area (Å²) in [6.45, 7) is 6.62. The Morgan fingerprint density at radius 2 is 1.29 bits per heavy atom. The molecule has 2 aromatic rings. The molecule has 4 bridgehead atoms. The van der Waals surface area contributed by atoms with Crippen molar-refractivity contribution >= 4 is 29.8 Å². The molecule has 274 valence electrons. The fourth-order valence-corrected chi connectivity index (χ4v) is 9.33. The molecule has 1 aliphatic heterocycles. The van der Waals surface area contributed by atoms with E-state index in [0.717, 1.165) is 9.80 Å². The number of carboxylic acid groups (broad SMARTS) is 4. The van der Waals surface area contributed by atoms with Crippen molar-refractivity contribution in [3.63, 3.8) is 0 Å². The summed E-state index contributed by atoms with van der Waals surface area (Å²) in [6, 6.07) is 7.66. The number of aliphatic hydroxyl groups is 1. The van der Waals surface area contributed by atoms with Crippen molar-refractivity contribution in [2.24, 2.45) is 5.92 Å². The number of cyclic esters (lactones) is 1. The van der Waals surface area contributed by atoms with Crippen LogP contribution in [0.3, 0.4) is 0 Å². The number of rotatable bonds is 14. The number of allylic oxidation sites excluding steroid dienone is 2. The zero-order chi connectivity index (χ0) is 38.4. The molecule has 3 aliphatic carbocycles. The summed E-state index contributed by atoms with van der Waals surface area (Å²) in [5, 5.41) is 65.8. The summed E-state index contributed by atoms with van der Waals surface area (Å²) in [6.07, 6.45) is 1.60. The van der Waals surface area contributed by atoms with Crippen LogP contribution in [0.4, 0.5) is 0 Å². The first-order valence-electron chi connectivity index (χ1n) is 16.8. The fraction of sp³-hybridized carbons (Fsp3) is 0.395. The summed E-state index contributed by atoms with van der Waals surface area (Å²) in [5.74, 6) is -8.07. The van der Waals surface area contributed by atoms with Gasteiger partial charge >= 0.3 is 29.8 Å². The molecule has 0 saturated heterocycles. The van der Waals surface area contributed by atoms with Crippen molar-refractivity contribution < 1.29 is 59.3 Å². The molecular formula is C38H40N2O12. The number of phenolic OH excluding ortho intramolecular Hbond substituents is 1. The average Bonchev–Trinajstić information content (AvgIpc) is 3.33. The summed E-state index contributed by atoms with van der Waals surface area (Å²) in [7, 11) is 0. The number of nitrogens with zero attached hydrogens (tertiary/aromatic N) is 2. The van der Waals surface area contributed by atoms with Crippen LogP contribution in [0.2, 0.25) is 0 Å². The Kier molecular flexibility index (Phi) is 8.42. The number of fused-ring (bicyclic) bond motifs is 5. The Bertz CT molecular complexity index is 2060. The third-order valence-corrected chi connectivity index (χ3v) is 11.0. The molecule has 14 heteroatoms. The van der Waals surface area contributed by atoms with E-state index in [4.69, 9.17) is 4.74 Å². The molecule has 6 N–H and O–H groups in total. The van der Waals surface area contributed by atoms with Crippen molar-refractivity contribution in [3.05, 3.63) is 97.8 Å². The molecule has 0 saturated carbocycles. The van der Waals surface area contributed by atoms with Gasteiger partial charge in [-0.2, -0.15) is 0 Å². The minimum absolute atomic E-state index is 0.0297. The van der Waals surface area contributed by atoms with Gasteiger partial charge in [0.05, 0.1) is 31.7 Å². The second kappa shape index (κ2) is 12.1. The highest BCUT2D eigenvalue weighted by Crippen LogP contribution is 2.75. The number of hydrogen-bond acceptors (Lipinski definition) is 10. The zero-order valence-corrected chi connectivity index (χ0v) is 29.5. The fourth-order valence-electron chi connectivity index (χ4n) is 9.33. The largest absolute Gasteiger partial charge is 0.507 e. The third-order valence-electron chi connectivity index (χ3n) is 11.0. The van der Waals surface area contributed by atoms with Crippen LogP contribution in [0, 0.1) is 12.8 Å². The van der Waals surface area contributed by atoms with Gasteiger partial charge in [0.1, 0.15) is 22.6 Å². The predicted molar refractivity (Wildman–Crippen MR) is 183 cm³/mol. The minimum atomic E-state index is -2.46. The number of phenols is 1. The van der Waals surface area contributed by atoms with Gasteiger partial charge in [-0.15, -0.1) is 0 Å². The average molecular weight is 717 g/mol. The van der Waals surface area contributed by atoms with E-state index in [1.54, 1.807) is 38.1 Å². The van der Waals surface area contributed by atoms with Crippen LogP contribution in [-0.2, 0) is 35.1 Å². The van der Waals surface area contributed by atoms with Crippen molar-refractivity contribution in [2.75, 3.05) is 26.2 Å². The first-order valence-corrected chi connectivity index (χ1v) is 16.8. The Morgan fingerprint density at radius 1 is 0.769 bits per heavy atom. The number of hydrogen-bond donors (Lipinski definition) is 6. The van der Waals surface area contributed by atoms with E-state index in [0.29, 0.717) is 22.3 Å². The van der Waals surface area contributed by atoms with Crippen molar-refractivity contribution in [2.45, 2.75) is 64.1 Å². The van der Waals surface area contributed by atoms with E-state index in [2.05, 4.69) is 0 Å². The summed E-state index contributed by atoms with van der Waals surface area (Å²) < 4.78 is 6.67. The van der Waals surface area contributed by atoms with Crippen LogP contribution in [0.25, 0.3) is 0 Å². The molecule has 0 amide bonds. The quantitative estimate of drug-likeness (QED) is 0.153. The molecular weight excluding hydrogens is 676 g/mol. The predicted octanol–water partition coefficient (Wildman–Crippen LogP) is 3.87. The highest BCUT2D eigenvalue weighted by Gasteiger charge is 2.83. The lowest BCUT2D eigenvalue weighted by atomic mass is 9.43. The molecule has 52 heavy (non-hydrogen) atoms. The summed E-state index contributed by atoms with van der Waals surface area (Å²) >= 11 is 0. The van der Waals surface area contributed by atoms with Gasteiger partial charge in [-0.05, 0) is 77.3 Å². The molecule has 2 aromatic carbocycles. The first-order chi connectivity index (χ1) is 24.3. The van der Waals surface area contributed by atoms with Gasteiger partial charge in [0.15, 0.2) is 5.60 Å². The molecule has 6 rings (SSSR count). The van der Waals surface area contributed by atoms with Crippen LogP contribution >= 0.6 is 0 Å². The highest BCUT2D eigenvalue weighted by molar-refractivity contribution is 5.98. The number of aliphatic hydroxyl groups excluding tert-OH is 1. The topological polar surface area (TPSA) is 222 Å². The summed E-state index contributed by atoms with van der Waals surface area (Å²) in [5.41, 5.74) is -4.56. The van der Waals surface area contributed by atoms with Gasteiger partial charge in [0, 0.05) is 16.7 Å². The molecule has 3 atom stereocenters. The van der Waals surface area contributed by atoms with Crippen molar-refractivity contribution in [3.8, 4) is 5.75 Å². The summed E-state index contributed by atoms with van der Waals surface area (Å²) in [4.78, 5) is 67.5. The Morgan fingerprint density at radius 3 is 1.75 bits per heavy atom. The number of carboxylic acids is 4. The lowest BCUT2D eigenvalue weighted by Crippen LogP contribution is -2.81. The van der Waals surface area contributed by atoms with Crippen LogP contribution in [-0.4, -0.2) is 102 Å². The van der Waals surface area contributed by atoms with Gasteiger partial charge in [-0.25, -0.2) is 4.79 Å². The Labute approximate surface area is 298 Å². The third kappa shape index (κ3) is 4.40. The van der Waals surface area contributed by atoms with E-state index in [1.165, 1.54) is 12.1 Å². The number of benzene rings is 2. The standard InChI is InChI=1S/C38H40N2O12/c1-17(2)22-11-25-19(5)31(33(22)49)36(25,39(13-27(41)42)14-28(43)44)38(24-10-8-7-9-21(24)35(51)52-38)37(40(15-29(45)46)16-30(47)48)26-12-23(18(3)4)34(50)32(37)20(26)6/h7-12,17-18,49-50H,13-16H2,1-6H3,(H,41,42)(H,43,44)(H,45,46)(H,47,48)/t36-,37+,38?. The van der Waals surface area contributed by atoms with Crippen LogP contribution in [0.1, 0.15) is 78.7 Å². The van der Waals surface area contributed by atoms with E-state index >= 15 is 0 Å². The SMILES string of the molecule is Cc1c2cc(C(C)C)c(O)c1[C@@]2(N(CC(=O)O)CC(=O)O)C1([C@]2(N(CC(=O)O)CC(=O)O)c3cc(C(C)C)c(O)c2c3C)OC(=O)c2ccccc21. The van der Waals surface area contributed by atoms with Crippen molar-refractivity contribution in [1.82, 2.24) is 9.80 Å². The van der Waals surface area contributed by atoms with E-state index < -0.39 is 72.7 Å². The van der Waals surface area contributed by atoms with Crippen LogP contribution < -0.4 is 0 Å². The minimum Gasteiger partial charge on any atom is -0.507 e. The molecule has 0 aromatic heterocycles. The molecule has 0 fully saturated rings. The molecule has 0 spiro atoms. The Hall–Kier alpha value is -5.47. The second-order valence-electron chi connectivity index (χ2n) is 14.4. The number of esters is 1. The highest BCUT2D eigenvalue weighted by atomic mass is 16.6. The zero-order valence-electron chi connectivity index (χ0n) is 29.5.